The Bertz CT molecular complexity index is 883. The fourth-order valence-electron chi connectivity index (χ4n) is 2.18. The van der Waals surface area contributed by atoms with Crippen molar-refractivity contribution in [2.45, 2.75) is 12.4 Å². The molecule has 34 heavy (non-hydrogen) atoms. The smallest absolute Gasteiger partial charge is 0.542 e. The molecule has 12 heteroatoms. The van der Waals surface area contributed by atoms with Crippen LogP contribution in [0.15, 0.2) is 91.0 Å². The quantitative estimate of drug-likeness (QED) is 0.264. The van der Waals surface area contributed by atoms with E-state index < -0.39 is 32.2 Å². The fraction of sp³-hybridized carbons (Fsp3) is 0.0909. The Labute approximate surface area is 205 Å². The molecule has 0 atom stereocenters. The number of carbonyl (C=O) groups is 2. The molecule has 0 unspecified atom stereocenters. The number of hydrogen-bond acceptors (Lipinski definition) is 4. The Balaban J connectivity index is 0.000000609. The van der Waals surface area contributed by atoms with Gasteiger partial charge in [0.05, 0.1) is 0 Å². The number of benzene rings is 3. The molecule has 0 aliphatic rings. The molecule has 0 aliphatic heterocycles. The zero-order valence-corrected chi connectivity index (χ0v) is 19.3. The van der Waals surface area contributed by atoms with Gasteiger partial charge in [0.2, 0.25) is 0 Å². The summed E-state index contributed by atoms with van der Waals surface area (Å²) in [6.45, 7) is 0. The number of aliphatic carboxylic acids is 2. The van der Waals surface area contributed by atoms with Crippen molar-refractivity contribution in [2.24, 2.45) is 0 Å². The molecule has 184 valence electrons. The van der Waals surface area contributed by atoms with Crippen molar-refractivity contribution in [3.05, 3.63) is 91.0 Å². The predicted octanol–water partition coefficient (Wildman–Crippen LogP) is 2.04. The number of hydrogen-bond donors (Lipinski definition) is 0. The summed E-state index contributed by atoms with van der Waals surface area (Å²) in [5.74, 6) is -6.01. The van der Waals surface area contributed by atoms with Gasteiger partial charge in [-0.3, -0.25) is 0 Å². The van der Waals surface area contributed by atoms with E-state index in [0.717, 1.165) is 0 Å². The van der Waals surface area contributed by atoms with Crippen LogP contribution in [0.5, 0.6) is 0 Å². The zero-order valence-electron chi connectivity index (χ0n) is 16.8. The van der Waals surface area contributed by atoms with Gasteiger partial charge in [-0.15, -0.1) is 0 Å². The van der Waals surface area contributed by atoms with Crippen LogP contribution < -0.4 is 26.1 Å². The molecule has 0 fully saturated rings. The van der Waals surface area contributed by atoms with Crippen molar-refractivity contribution in [2.75, 3.05) is 0 Å². The average molecular weight is 595 g/mol. The van der Waals surface area contributed by atoms with Crippen LogP contribution in [0.2, 0.25) is 0 Å². The summed E-state index contributed by atoms with van der Waals surface area (Å²) in [6.07, 6.45) is -10.4. The monoisotopic (exact) mass is 594 g/mol. The molecule has 0 saturated carbocycles. The number of carboxylic acid groups (broad SMARTS) is 2. The predicted molar refractivity (Wildman–Crippen MR) is 107 cm³/mol. The Morgan fingerprint density at radius 1 is 0.529 bits per heavy atom. The minimum absolute atomic E-state index is 0. The van der Waals surface area contributed by atoms with Gasteiger partial charge in [-0.1, -0.05) is 91.0 Å². The third kappa shape index (κ3) is 11.4. The first-order valence-corrected chi connectivity index (χ1v) is 10.2. The summed E-state index contributed by atoms with van der Waals surface area (Å²) >= 11 is 0. The molecule has 0 radical (unpaired) electrons. The number of carboxylic acids is 2. The maximum Gasteiger partial charge on any atom is 2.00 e. The Hall–Kier alpha value is -2.73. The molecule has 0 N–H and O–H groups in total. The first-order chi connectivity index (χ1) is 15.3. The van der Waals surface area contributed by atoms with Crippen molar-refractivity contribution in [1.82, 2.24) is 0 Å². The SMILES string of the molecule is O=C([O-])C(F)(F)F.O=C([O-])C(F)(F)F.[Pd+2].c1ccc(P(c2ccccc2)c2ccccc2)cc1. The molecule has 4 nitrogen and oxygen atoms in total. The van der Waals surface area contributed by atoms with E-state index >= 15 is 0 Å². The maximum absolute atomic E-state index is 10.5. The van der Waals surface area contributed by atoms with Gasteiger partial charge in [0.15, 0.2) is 0 Å². The standard InChI is InChI=1S/C18H15P.2C2HF3O2.Pd/c1-4-10-16(11-5-1)19(17-12-6-2-7-13-17)18-14-8-3-9-15-18;2*3-2(4,5)1(6)7;/h1-15H;2*(H,6,7);/q;;;+2/p-2. The Kier molecular flexibility index (Phi) is 13.4. The molecule has 0 spiro atoms. The second kappa shape index (κ2) is 14.5. The summed E-state index contributed by atoms with van der Waals surface area (Å²) in [4.78, 5) is 17.6. The molecule has 0 aliphatic carbocycles. The molecule has 3 aromatic rings. The minimum atomic E-state index is -5.19. The molecule has 3 rings (SSSR count). The Morgan fingerprint density at radius 3 is 0.853 bits per heavy atom. The fourth-order valence-corrected chi connectivity index (χ4v) is 4.48. The van der Waals surface area contributed by atoms with Crippen molar-refractivity contribution < 1.29 is 66.6 Å². The summed E-state index contributed by atoms with van der Waals surface area (Å²) < 4.78 is 63.1. The average Bonchev–Trinajstić information content (AvgIpc) is 2.76. The maximum atomic E-state index is 10.5. The number of rotatable bonds is 3. The van der Waals surface area contributed by atoms with Gasteiger partial charge in [0.25, 0.3) is 0 Å². The second-order valence-corrected chi connectivity index (χ2v) is 8.13. The van der Waals surface area contributed by atoms with Gasteiger partial charge < -0.3 is 19.8 Å². The van der Waals surface area contributed by atoms with E-state index in [1.807, 2.05) is 0 Å². The summed E-state index contributed by atoms with van der Waals surface area (Å²) in [5.41, 5.74) is 0. The topological polar surface area (TPSA) is 80.3 Å². The van der Waals surface area contributed by atoms with E-state index in [0.29, 0.717) is 0 Å². The number of carbonyl (C=O) groups excluding carboxylic acids is 2. The van der Waals surface area contributed by atoms with Crippen LogP contribution >= 0.6 is 7.92 Å². The van der Waals surface area contributed by atoms with Crippen molar-refractivity contribution in [1.29, 1.82) is 0 Å². The van der Waals surface area contributed by atoms with Crippen LogP contribution in [-0.4, -0.2) is 24.3 Å². The first kappa shape index (κ1) is 31.3. The van der Waals surface area contributed by atoms with E-state index in [-0.39, 0.29) is 20.4 Å². The molecular weight excluding hydrogens is 580 g/mol. The van der Waals surface area contributed by atoms with E-state index in [1.165, 1.54) is 15.9 Å². The van der Waals surface area contributed by atoms with Gasteiger partial charge in [-0.05, 0) is 23.8 Å². The third-order valence-corrected chi connectivity index (χ3v) is 5.95. The molecular formula is C22H15F6O4PPd. The van der Waals surface area contributed by atoms with Crippen LogP contribution in [0.25, 0.3) is 0 Å². The second-order valence-electron chi connectivity index (χ2n) is 5.91. The molecule has 0 bridgehead atoms. The van der Waals surface area contributed by atoms with E-state index in [1.54, 1.807) is 0 Å². The molecule has 0 amide bonds. The third-order valence-electron chi connectivity index (χ3n) is 3.51. The Morgan fingerprint density at radius 2 is 0.706 bits per heavy atom. The minimum Gasteiger partial charge on any atom is -0.542 e. The van der Waals surface area contributed by atoms with Gasteiger partial charge >= 0.3 is 32.8 Å². The van der Waals surface area contributed by atoms with E-state index in [9.17, 15) is 26.3 Å². The van der Waals surface area contributed by atoms with Gasteiger partial charge in [0, 0.05) is 0 Å². The molecule has 0 aromatic heterocycles. The summed E-state index contributed by atoms with van der Waals surface area (Å²) in [5, 5.41) is 21.8. The van der Waals surface area contributed by atoms with Gasteiger partial charge in [-0.25, -0.2) is 0 Å². The van der Waals surface area contributed by atoms with Crippen LogP contribution in [0.3, 0.4) is 0 Å². The van der Waals surface area contributed by atoms with Crippen molar-refractivity contribution in [3.8, 4) is 0 Å². The zero-order chi connectivity index (χ0) is 25.1. The normalized spacial score (nSPS) is 10.6. The molecule has 0 saturated heterocycles. The van der Waals surface area contributed by atoms with Crippen LogP contribution in [0, 0.1) is 0 Å². The van der Waals surface area contributed by atoms with Crippen LogP contribution in [-0.2, 0) is 30.0 Å². The van der Waals surface area contributed by atoms with Gasteiger partial charge in [-0.2, -0.15) is 26.3 Å². The first-order valence-electron chi connectivity index (χ1n) is 8.85. The molecule has 3 aromatic carbocycles. The van der Waals surface area contributed by atoms with Crippen LogP contribution in [0.4, 0.5) is 26.3 Å². The van der Waals surface area contributed by atoms with Crippen molar-refractivity contribution >= 4 is 35.8 Å². The summed E-state index contributed by atoms with van der Waals surface area (Å²) in [6, 6.07) is 32.3. The number of halogens is 6. The molecule has 0 heterocycles. The number of alkyl halides is 6. The summed E-state index contributed by atoms with van der Waals surface area (Å²) in [7, 11) is -0.446. The largest absolute Gasteiger partial charge is 2.00 e. The van der Waals surface area contributed by atoms with E-state index in [2.05, 4.69) is 91.0 Å². The van der Waals surface area contributed by atoms with Crippen LogP contribution in [0.1, 0.15) is 0 Å². The van der Waals surface area contributed by atoms with Crippen molar-refractivity contribution in [3.63, 3.8) is 0 Å². The van der Waals surface area contributed by atoms with Gasteiger partial charge in [0.1, 0.15) is 11.9 Å². The van der Waals surface area contributed by atoms with E-state index in [4.69, 9.17) is 19.8 Å².